The number of hydrogen-bond acceptors (Lipinski definition) is 3. The Kier molecular flexibility index (Phi) is 4.47. The molecule has 0 aliphatic heterocycles. The molecule has 0 heterocycles. The Morgan fingerprint density at radius 2 is 1.53 bits per heavy atom. The predicted octanol–water partition coefficient (Wildman–Crippen LogP) is 3.58. The van der Waals surface area contributed by atoms with E-state index in [9.17, 15) is 14.0 Å². The summed E-state index contributed by atoms with van der Waals surface area (Å²) in [5, 5.41) is -0.143. The van der Waals surface area contributed by atoms with Crippen LogP contribution in [-0.2, 0) is 0 Å². The van der Waals surface area contributed by atoms with Crippen molar-refractivity contribution in [2.24, 2.45) is 0 Å². The van der Waals surface area contributed by atoms with Crippen molar-refractivity contribution in [1.82, 2.24) is 0 Å². The first-order valence-electron chi connectivity index (χ1n) is 5.68. The van der Waals surface area contributed by atoms with E-state index in [1.807, 2.05) is 6.07 Å². The van der Waals surface area contributed by atoms with Gasteiger partial charge in [0, 0.05) is 11.1 Å². The summed E-state index contributed by atoms with van der Waals surface area (Å²) < 4.78 is 12.7. The van der Waals surface area contributed by atoms with Crippen LogP contribution in [0.25, 0.3) is 0 Å². The zero-order chi connectivity index (χ0) is 13.7. The summed E-state index contributed by atoms with van der Waals surface area (Å²) in [5.41, 5.74) is 0.981. The van der Waals surface area contributed by atoms with Crippen LogP contribution < -0.4 is 0 Å². The highest BCUT2D eigenvalue weighted by Gasteiger charge is 2.11. The first-order chi connectivity index (χ1) is 9.16. The van der Waals surface area contributed by atoms with Crippen molar-refractivity contribution in [2.75, 3.05) is 5.75 Å². The molecule has 19 heavy (non-hydrogen) atoms. The zero-order valence-corrected chi connectivity index (χ0v) is 10.8. The van der Waals surface area contributed by atoms with Crippen molar-refractivity contribution in [1.29, 1.82) is 0 Å². The van der Waals surface area contributed by atoms with Crippen LogP contribution >= 0.6 is 11.8 Å². The second-order valence-corrected chi connectivity index (χ2v) is 4.82. The molecular weight excluding hydrogens is 263 g/mol. The minimum absolute atomic E-state index is 0.0549. The summed E-state index contributed by atoms with van der Waals surface area (Å²) >= 11 is 0.954. The minimum atomic E-state index is -0.385. The number of benzene rings is 2. The fourth-order valence-corrected chi connectivity index (χ4v) is 2.24. The molecule has 0 fully saturated rings. The standard InChI is InChI=1S/C15H11FO2S/c16-13-8-6-11(7-9-13)14(17)10-19-15(18)12-4-2-1-3-5-12/h1-9H,10H2. The molecule has 0 saturated carbocycles. The maximum Gasteiger partial charge on any atom is 0.219 e. The van der Waals surface area contributed by atoms with Crippen LogP contribution in [0.5, 0.6) is 0 Å². The van der Waals surface area contributed by atoms with Crippen LogP contribution in [0.4, 0.5) is 4.39 Å². The van der Waals surface area contributed by atoms with E-state index >= 15 is 0 Å². The highest BCUT2D eigenvalue weighted by atomic mass is 32.2. The Labute approximate surface area is 114 Å². The second-order valence-electron chi connectivity index (χ2n) is 3.87. The second kappa shape index (κ2) is 6.29. The molecule has 0 aliphatic carbocycles. The molecule has 0 unspecified atom stereocenters. The Hall–Kier alpha value is -1.94. The van der Waals surface area contributed by atoms with E-state index in [4.69, 9.17) is 0 Å². The summed E-state index contributed by atoms with van der Waals surface area (Å²) in [4.78, 5) is 23.6. The maximum absolute atomic E-state index is 12.7. The molecule has 2 aromatic rings. The Bertz CT molecular complexity index is 579. The van der Waals surface area contributed by atoms with Gasteiger partial charge in [-0.25, -0.2) is 4.39 Å². The van der Waals surface area contributed by atoms with Crippen molar-refractivity contribution in [3.8, 4) is 0 Å². The van der Waals surface area contributed by atoms with E-state index in [0.717, 1.165) is 11.8 Å². The number of carbonyl (C=O) groups is 2. The molecule has 0 spiro atoms. The minimum Gasteiger partial charge on any atom is -0.293 e. The Balaban J connectivity index is 1.94. The number of Topliss-reactive ketones (excluding diaryl/α,β-unsaturated/α-hetero) is 1. The quantitative estimate of drug-likeness (QED) is 0.799. The van der Waals surface area contributed by atoms with Crippen LogP contribution in [0.2, 0.25) is 0 Å². The van der Waals surface area contributed by atoms with Gasteiger partial charge in [0.1, 0.15) is 5.82 Å². The normalized spacial score (nSPS) is 10.2. The van der Waals surface area contributed by atoms with Gasteiger partial charge in [-0.15, -0.1) is 0 Å². The smallest absolute Gasteiger partial charge is 0.219 e. The lowest BCUT2D eigenvalue weighted by molar-refractivity contribution is 0.101. The summed E-state index contributed by atoms with van der Waals surface area (Å²) in [6.45, 7) is 0. The molecular formula is C15H11FO2S. The third kappa shape index (κ3) is 3.76. The molecule has 96 valence electrons. The fraction of sp³-hybridized carbons (Fsp3) is 0.0667. The molecule has 0 aromatic heterocycles. The van der Waals surface area contributed by atoms with Gasteiger partial charge in [0.05, 0.1) is 5.75 Å². The van der Waals surface area contributed by atoms with Gasteiger partial charge >= 0.3 is 0 Å². The molecule has 0 saturated heterocycles. The van der Waals surface area contributed by atoms with Crippen molar-refractivity contribution in [3.05, 3.63) is 71.5 Å². The number of thioether (sulfide) groups is 1. The summed E-state index contributed by atoms with van der Waals surface area (Å²) in [5.74, 6) is -0.516. The van der Waals surface area contributed by atoms with Crippen molar-refractivity contribution < 1.29 is 14.0 Å². The Morgan fingerprint density at radius 3 is 2.16 bits per heavy atom. The first-order valence-corrected chi connectivity index (χ1v) is 6.66. The average molecular weight is 274 g/mol. The van der Waals surface area contributed by atoms with E-state index < -0.39 is 0 Å². The number of ketones is 1. The molecule has 0 aliphatic rings. The lowest BCUT2D eigenvalue weighted by atomic mass is 10.1. The number of rotatable bonds is 4. The lowest BCUT2D eigenvalue weighted by Crippen LogP contribution is -2.05. The molecule has 0 radical (unpaired) electrons. The van der Waals surface area contributed by atoms with Crippen LogP contribution in [0.15, 0.2) is 54.6 Å². The molecule has 0 atom stereocenters. The molecule has 0 N–H and O–H groups in total. The fourth-order valence-electron chi connectivity index (χ4n) is 1.51. The first kappa shape index (κ1) is 13.5. The maximum atomic E-state index is 12.7. The van der Waals surface area contributed by atoms with Gasteiger partial charge in [-0.1, -0.05) is 42.1 Å². The monoisotopic (exact) mass is 274 g/mol. The Morgan fingerprint density at radius 1 is 0.895 bits per heavy atom. The van der Waals surface area contributed by atoms with E-state index in [-0.39, 0.29) is 22.5 Å². The highest BCUT2D eigenvalue weighted by molar-refractivity contribution is 8.14. The topological polar surface area (TPSA) is 34.1 Å². The zero-order valence-electron chi connectivity index (χ0n) is 10.0. The summed E-state index contributed by atoms with van der Waals surface area (Å²) in [7, 11) is 0. The molecule has 2 nitrogen and oxygen atoms in total. The average Bonchev–Trinajstić information content (AvgIpc) is 2.46. The van der Waals surface area contributed by atoms with Crippen molar-refractivity contribution in [2.45, 2.75) is 0 Å². The number of halogens is 1. The summed E-state index contributed by atoms with van der Waals surface area (Å²) in [6.07, 6.45) is 0. The van der Waals surface area contributed by atoms with E-state index in [1.165, 1.54) is 24.3 Å². The van der Waals surface area contributed by atoms with Crippen molar-refractivity contribution in [3.63, 3.8) is 0 Å². The largest absolute Gasteiger partial charge is 0.293 e. The molecule has 2 rings (SSSR count). The van der Waals surface area contributed by atoms with Gasteiger partial charge in [0.15, 0.2) is 5.78 Å². The number of hydrogen-bond donors (Lipinski definition) is 0. The number of carbonyl (C=O) groups excluding carboxylic acids is 2. The van der Waals surface area contributed by atoms with Crippen LogP contribution in [0.1, 0.15) is 20.7 Å². The SMILES string of the molecule is O=C(CSC(=O)c1ccccc1)c1ccc(F)cc1. The van der Waals surface area contributed by atoms with Crippen LogP contribution in [0.3, 0.4) is 0 Å². The van der Waals surface area contributed by atoms with E-state index in [0.29, 0.717) is 11.1 Å². The highest BCUT2D eigenvalue weighted by Crippen LogP contribution is 2.14. The summed E-state index contributed by atoms with van der Waals surface area (Å²) in [6, 6.07) is 14.1. The van der Waals surface area contributed by atoms with E-state index in [1.54, 1.807) is 24.3 Å². The van der Waals surface area contributed by atoms with Gasteiger partial charge in [-0.3, -0.25) is 9.59 Å². The van der Waals surface area contributed by atoms with Gasteiger partial charge in [0.2, 0.25) is 5.12 Å². The molecule has 0 bridgehead atoms. The third-order valence-electron chi connectivity index (χ3n) is 2.51. The van der Waals surface area contributed by atoms with Gasteiger partial charge < -0.3 is 0 Å². The lowest BCUT2D eigenvalue weighted by Gasteiger charge is -2.01. The van der Waals surface area contributed by atoms with Crippen LogP contribution in [0, 0.1) is 5.82 Å². The third-order valence-corrected chi connectivity index (χ3v) is 3.41. The van der Waals surface area contributed by atoms with E-state index in [2.05, 4.69) is 0 Å². The van der Waals surface area contributed by atoms with Crippen LogP contribution in [-0.4, -0.2) is 16.7 Å². The molecule has 0 amide bonds. The predicted molar refractivity (Wildman–Crippen MR) is 74.0 cm³/mol. The van der Waals surface area contributed by atoms with Crippen molar-refractivity contribution >= 4 is 22.7 Å². The van der Waals surface area contributed by atoms with Gasteiger partial charge in [-0.2, -0.15) is 0 Å². The molecule has 2 aromatic carbocycles. The van der Waals surface area contributed by atoms with Gasteiger partial charge in [-0.05, 0) is 24.3 Å². The van der Waals surface area contributed by atoms with Gasteiger partial charge in [0.25, 0.3) is 0 Å². The molecule has 4 heteroatoms.